The van der Waals surface area contributed by atoms with Gasteiger partial charge in [-0.15, -0.1) is 0 Å². The molecule has 0 spiro atoms. The first-order valence-corrected chi connectivity index (χ1v) is 5.74. The fourth-order valence-corrected chi connectivity index (χ4v) is 2.16. The van der Waals surface area contributed by atoms with Crippen molar-refractivity contribution in [2.45, 2.75) is 44.7 Å². The van der Waals surface area contributed by atoms with Gasteiger partial charge in [-0.2, -0.15) is 0 Å². The molecule has 5 atom stereocenters. The van der Waals surface area contributed by atoms with E-state index in [1.165, 1.54) is 0 Å². The molecule has 1 aliphatic heterocycles. The second-order valence-corrected chi connectivity index (χ2v) is 4.85. The zero-order chi connectivity index (χ0) is 12.3. The fraction of sp³-hybridized carbons (Fsp3) is 1.00. The van der Waals surface area contributed by atoms with Gasteiger partial charge in [0.1, 0.15) is 6.10 Å². The van der Waals surface area contributed by atoms with Gasteiger partial charge in [-0.3, -0.25) is 0 Å². The van der Waals surface area contributed by atoms with Crippen molar-refractivity contribution in [3.8, 4) is 0 Å². The molecule has 1 aliphatic rings. The second-order valence-electron chi connectivity index (χ2n) is 4.85. The summed E-state index contributed by atoms with van der Waals surface area (Å²) in [7, 11) is 0. The first-order valence-electron chi connectivity index (χ1n) is 5.74. The lowest BCUT2D eigenvalue weighted by molar-refractivity contribution is -0.217. The van der Waals surface area contributed by atoms with E-state index in [-0.39, 0.29) is 13.2 Å². The van der Waals surface area contributed by atoms with Crippen LogP contribution in [0.1, 0.15) is 20.3 Å². The standard InChI is InChI=1S/C11H22O5/c1-6(2)3-8-11(15)10(14)7(4-12)9(5-13)16-8/h6-15H,3-5H2,1-2H3. The fourth-order valence-electron chi connectivity index (χ4n) is 2.16. The molecule has 0 aliphatic carbocycles. The Balaban J connectivity index is 2.70. The third kappa shape index (κ3) is 2.93. The molecule has 0 amide bonds. The monoisotopic (exact) mass is 234 g/mol. The van der Waals surface area contributed by atoms with Crippen molar-refractivity contribution >= 4 is 0 Å². The minimum Gasteiger partial charge on any atom is -0.396 e. The lowest BCUT2D eigenvalue weighted by Gasteiger charge is -2.42. The zero-order valence-corrected chi connectivity index (χ0v) is 9.78. The van der Waals surface area contributed by atoms with Gasteiger partial charge in [0.2, 0.25) is 0 Å². The molecule has 4 N–H and O–H groups in total. The van der Waals surface area contributed by atoms with Crippen molar-refractivity contribution in [2.75, 3.05) is 13.2 Å². The minimum atomic E-state index is -1.04. The van der Waals surface area contributed by atoms with Crippen LogP contribution in [-0.2, 0) is 4.74 Å². The molecule has 1 rings (SSSR count). The summed E-state index contributed by atoms with van der Waals surface area (Å²) in [6.07, 6.45) is -2.50. The second kappa shape index (κ2) is 5.93. The molecule has 5 unspecified atom stereocenters. The van der Waals surface area contributed by atoms with Crippen LogP contribution in [0.15, 0.2) is 0 Å². The predicted molar refractivity (Wildman–Crippen MR) is 57.8 cm³/mol. The Labute approximate surface area is 95.7 Å². The summed E-state index contributed by atoms with van der Waals surface area (Å²) < 4.78 is 5.51. The molecule has 0 saturated carbocycles. The van der Waals surface area contributed by atoms with Crippen LogP contribution in [0.5, 0.6) is 0 Å². The van der Waals surface area contributed by atoms with Crippen LogP contribution in [0.3, 0.4) is 0 Å². The van der Waals surface area contributed by atoms with Crippen molar-refractivity contribution in [3.05, 3.63) is 0 Å². The highest BCUT2D eigenvalue weighted by molar-refractivity contribution is 4.91. The normalized spacial score (nSPS) is 40.3. The first kappa shape index (κ1) is 13.9. The van der Waals surface area contributed by atoms with E-state index in [9.17, 15) is 10.2 Å². The number of hydrogen-bond acceptors (Lipinski definition) is 5. The molecule has 96 valence electrons. The molecule has 1 fully saturated rings. The van der Waals surface area contributed by atoms with Gasteiger partial charge in [0.05, 0.1) is 31.5 Å². The van der Waals surface area contributed by atoms with E-state index in [1.54, 1.807) is 0 Å². The SMILES string of the molecule is CC(C)CC1OC(CO)C(CO)C(O)C1O. The summed E-state index contributed by atoms with van der Waals surface area (Å²) in [5, 5.41) is 37.9. The van der Waals surface area contributed by atoms with Crippen molar-refractivity contribution in [1.29, 1.82) is 0 Å². The predicted octanol–water partition coefficient (Wildman–Crippen LogP) is -0.878. The molecule has 5 nitrogen and oxygen atoms in total. The summed E-state index contributed by atoms with van der Waals surface area (Å²) in [6, 6.07) is 0. The summed E-state index contributed by atoms with van der Waals surface area (Å²) in [4.78, 5) is 0. The first-order chi connectivity index (χ1) is 7.51. The maximum atomic E-state index is 9.83. The Morgan fingerprint density at radius 1 is 1.00 bits per heavy atom. The molecule has 5 heteroatoms. The van der Waals surface area contributed by atoms with Gasteiger partial charge in [-0.05, 0) is 12.3 Å². The average Bonchev–Trinajstić information content (AvgIpc) is 2.24. The summed E-state index contributed by atoms with van der Waals surface area (Å²) in [5.74, 6) is -0.291. The molecule has 1 heterocycles. The Hall–Kier alpha value is -0.200. The number of aliphatic hydroxyl groups is 4. The van der Waals surface area contributed by atoms with Crippen LogP contribution in [0.2, 0.25) is 0 Å². The Kier molecular flexibility index (Phi) is 5.14. The highest BCUT2D eigenvalue weighted by Crippen LogP contribution is 2.28. The average molecular weight is 234 g/mol. The molecule has 0 aromatic heterocycles. The van der Waals surface area contributed by atoms with Gasteiger partial charge in [0, 0.05) is 5.92 Å². The molecule has 1 saturated heterocycles. The van der Waals surface area contributed by atoms with Gasteiger partial charge >= 0.3 is 0 Å². The molecule has 16 heavy (non-hydrogen) atoms. The third-order valence-electron chi connectivity index (χ3n) is 3.09. The number of hydrogen-bond donors (Lipinski definition) is 4. The lowest BCUT2D eigenvalue weighted by atomic mass is 9.85. The minimum absolute atomic E-state index is 0.260. The number of rotatable bonds is 4. The van der Waals surface area contributed by atoms with Crippen molar-refractivity contribution in [2.24, 2.45) is 11.8 Å². The van der Waals surface area contributed by atoms with E-state index in [0.717, 1.165) is 0 Å². The maximum Gasteiger partial charge on any atom is 0.106 e. The van der Waals surface area contributed by atoms with Crippen LogP contribution in [-0.4, -0.2) is 58.1 Å². The van der Waals surface area contributed by atoms with E-state index < -0.39 is 30.3 Å². The topological polar surface area (TPSA) is 90.2 Å². The van der Waals surface area contributed by atoms with Gasteiger partial charge < -0.3 is 25.2 Å². The lowest BCUT2D eigenvalue weighted by Crippen LogP contribution is -2.56. The van der Waals surface area contributed by atoms with Gasteiger partial charge in [0.15, 0.2) is 0 Å². The quantitative estimate of drug-likeness (QED) is 0.507. The van der Waals surface area contributed by atoms with Crippen LogP contribution in [0.25, 0.3) is 0 Å². The van der Waals surface area contributed by atoms with Crippen molar-refractivity contribution in [3.63, 3.8) is 0 Å². The highest BCUT2D eigenvalue weighted by atomic mass is 16.5. The Bertz CT molecular complexity index is 207. The van der Waals surface area contributed by atoms with E-state index in [0.29, 0.717) is 12.3 Å². The maximum absolute atomic E-state index is 9.83. The largest absolute Gasteiger partial charge is 0.396 e. The molecule has 0 bridgehead atoms. The molecular weight excluding hydrogens is 212 g/mol. The molecule has 0 radical (unpaired) electrons. The highest BCUT2D eigenvalue weighted by Gasteiger charge is 2.43. The van der Waals surface area contributed by atoms with Gasteiger partial charge in [-0.1, -0.05) is 13.8 Å². The molecule has 0 aromatic rings. The van der Waals surface area contributed by atoms with Crippen LogP contribution < -0.4 is 0 Å². The molecular formula is C11H22O5. The van der Waals surface area contributed by atoms with Gasteiger partial charge in [-0.25, -0.2) is 0 Å². The van der Waals surface area contributed by atoms with Crippen LogP contribution in [0, 0.1) is 11.8 Å². The summed E-state index contributed by atoms with van der Waals surface area (Å²) in [6.45, 7) is 3.42. The Morgan fingerprint density at radius 3 is 2.06 bits per heavy atom. The molecule has 0 aromatic carbocycles. The van der Waals surface area contributed by atoms with E-state index in [4.69, 9.17) is 14.9 Å². The van der Waals surface area contributed by atoms with Crippen LogP contribution >= 0.6 is 0 Å². The smallest absolute Gasteiger partial charge is 0.106 e. The van der Waals surface area contributed by atoms with Crippen LogP contribution in [0.4, 0.5) is 0 Å². The van der Waals surface area contributed by atoms with Crippen molar-refractivity contribution in [1.82, 2.24) is 0 Å². The summed E-state index contributed by atoms with van der Waals surface area (Å²) in [5.41, 5.74) is 0. The van der Waals surface area contributed by atoms with E-state index in [2.05, 4.69) is 0 Å². The Morgan fingerprint density at radius 2 is 1.62 bits per heavy atom. The zero-order valence-electron chi connectivity index (χ0n) is 9.78. The number of ether oxygens (including phenoxy) is 1. The van der Waals surface area contributed by atoms with Gasteiger partial charge in [0.25, 0.3) is 0 Å². The number of aliphatic hydroxyl groups excluding tert-OH is 4. The van der Waals surface area contributed by atoms with E-state index >= 15 is 0 Å². The van der Waals surface area contributed by atoms with Crippen molar-refractivity contribution < 1.29 is 25.2 Å². The third-order valence-corrected chi connectivity index (χ3v) is 3.09. The summed E-state index contributed by atoms with van der Waals surface area (Å²) >= 11 is 0. The van der Waals surface area contributed by atoms with E-state index in [1.807, 2.05) is 13.8 Å².